The first-order valence-corrected chi connectivity index (χ1v) is 17.1. The summed E-state index contributed by atoms with van der Waals surface area (Å²) in [5, 5.41) is 9.02. The first-order chi connectivity index (χ1) is 21.6. The molecule has 0 saturated carbocycles. The average Bonchev–Trinajstić information content (AvgIpc) is 3.48. The molecule has 0 bridgehead atoms. The van der Waals surface area contributed by atoms with E-state index in [1.165, 1.54) is 0 Å². The van der Waals surface area contributed by atoms with Crippen molar-refractivity contribution in [1.29, 1.82) is 0 Å². The van der Waals surface area contributed by atoms with Gasteiger partial charge in [-0.3, -0.25) is 19.2 Å². The lowest BCUT2D eigenvalue weighted by Crippen LogP contribution is -2.59. The normalized spacial score (nSPS) is 19.8. The first-order valence-electron chi connectivity index (χ1n) is 17.1. The van der Waals surface area contributed by atoms with Crippen LogP contribution in [0.25, 0.3) is 0 Å². The summed E-state index contributed by atoms with van der Waals surface area (Å²) in [5.41, 5.74) is 0. The van der Waals surface area contributed by atoms with E-state index in [1.807, 2.05) is 58.5 Å². The van der Waals surface area contributed by atoms with Crippen LogP contribution < -0.4 is 16.0 Å². The molecule has 46 heavy (non-hydrogen) atoms. The molecule has 0 aromatic carbocycles. The maximum atomic E-state index is 14.0. The zero-order valence-corrected chi connectivity index (χ0v) is 31.0. The average molecular weight is 655 g/mol. The van der Waals surface area contributed by atoms with Crippen molar-refractivity contribution in [3.8, 4) is 0 Å². The molecule has 0 radical (unpaired) electrons. The minimum atomic E-state index is -0.734. The lowest BCUT2D eigenvalue weighted by Gasteiger charge is -2.41. The van der Waals surface area contributed by atoms with E-state index in [0.717, 1.165) is 25.8 Å². The number of nitrogens with one attached hydrogen (secondary N) is 3. The second kappa shape index (κ2) is 20.2. The van der Waals surface area contributed by atoms with Crippen molar-refractivity contribution in [3.05, 3.63) is 0 Å². The Morgan fingerprint density at radius 2 is 1.52 bits per heavy atom. The molecule has 1 saturated heterocycles. The van der Waals surface area contributed by atoms with Gasteiger partial charge in [0.25, 0.3) is 0 Å². The van der Waals surface area contributed by atoms with Gasteiger partial charge in [0.15, 0.2) is 0 Å². The monoisotopic (exact) mass is 655 g/mol. The molecule has 4 amide bonds. The van der Waals surface area contributed by atoms with Crippen molar-refractivity contribution < 1.29 is 28.7 Å². The number of nitrogens with zero attached hydrogens (tertiary/aromatic N) is 3. The Morgan fingerprint density at radius 3 is 2.00 bits per heavy atom. The van der Waals surface area contributed by atoms with Crippen molar-refractivity contribution in [3.63, 3.8) is 0 Å². The summed E-state index contributed by atoms with van der Waals surface area (Å²) in [4.78, 5) is 59.6. The second-order valence-corrected chi connectivity index (χ2v) is 13.9. The molecular formula is C34H66N6O6. The smallest absolute Gasteiger partial charge is 0.245 e. The lowest BCUT2D eigenvalue weighted by atomic mass is 9.89. The zero-order chi connectivity index (χ0) is 35.3. The Hall–Kier alpha value is -2.28. The molecule has 8 atom stereocenters. The van der Waals surface area contributed by atoms with E-state index in [1.54, 1.807) is 33.2 Å². The molecule has 1 rings (SSSR count). The van der Waals surface area contributed by atoms with Crippen molar-refractivity contribution >= 4 is 23.6 Å². The Morgan fingerprint density at radius 1 is 0.913 bits per heavy atom. The summed E-state index contributed by atoms with van der Waals surface area (Å²) in [5.74, 6) is -1.14. The van der Waals surface area contributed by atoms with Crippen molar-refractivity contribution in [2.45, 2.75) is 111 Å². The standard InChI is InChI=1S/C34H66N6O6/c1-14-23(6)30(39(11)34(44)29(22(4)5)37-33(43)28(35-8)21(2)3)26(45-12)20-27(41)40-18-15-16-25(40)31(46-13)24(7)32(42)36-17-19-38(9)10/h21-26,28-31,35H,14-20H2,1-13H3,(H,36,42)(H,37,43)/t23-,24+,25-,26+,28-,29?,30-,31-/m0/s1. The molecule has 1 heterocycles. The van der Waals surface area contributed by atoms with Crippen molar-refractivity contribution in [2.24, 2.45) is 23.7 Å². The first kappa shape index (κ1) is 41.7. The topological polar surface area (TPSA) is 133 Å². The Balaban J connectivity index is 3.20. The number of methoxy groups -OCH3 is 2. The van der Waals surface area contributed by atoms with E-state index < -0.39 is 36.3 Å². The van der Waals surface area contributed by atoms with Gasteiger partial charge in [-0.2, -0.15) is 0 Å². The van der Waals surface area contributed by atoms with Crippen LogP contribution in [-0.4, -0.2) is 137 Å². The van der Waals surface area contributed by atoms with E-state index in [2.05, 4.69) is 29.8 Å². The Kier molecular flexibility index (Phi) is 18.3. The molecule has 3 N–H and O–H groups in total. The van der Waals surface area contributed by atoms with Crippen LogP contribution in [0.4, 0.5) is 0 Å². The van der Waals surface area contributed by atoms with Crippen LogP contribution in [-0.2, 0) is 28.7 Å². The van der Waals surface area contributed by atoms with E-state index in [0.29, 0.717) is 13.1 Å². The highest BCUT2D eigenvalue weighted by atomic mass is 16.5. The zero-order valence-electron chi connectivity index (χ0n) is 31.0. The second-order valence-electron chi connectivity index (χ2n) is 13.9. The highest BCUT2D eigenvalue weighted by Crippen LogP contribution is 2.29. The van der Waals surface area contributed by atoms with Crippen molar-refractivity contribution in [2.75, 3.05) is 62.0 Å². The molecule has 1 aliphatic heterocycles. The predicted octanol–water partition coefficient (Wildman–Crippen LogP) is 1.97. The molecule has 0 spiro atoms. The van der Waals surface area contributed by atoms with Gasteiger partial charge < -0.3 is 40.1 Å². The Labute approximate surface area is 279 Å². The third kappa shape index (κ3) is 11.5. The summed E-state index contributed by atoms with van der Waals surface area (Å²) in [6.45, 7) is 15.5. The number of carbonyl (C=O) groups excluding carboxylic acids is 4. The molecule has 0 aromatic rings. The summed E-state index contributed by atoms with van der Waals surface area (Å²) >= 11 is 0. The molecular weight excluding hydrogens is 588 g/mol. The summed E-state index contributed by atoms with van der Waals surface area (Å²) in [6, 6.07) is -1.81. The molecule has 1 unspecified atom stereocenters. The van der Waals surface area contributed by atoms with E-state index in [9.17, 15) is 19.2 Å². The number of hydrogen-bond acceptors (Lipinski definition) is 8. The fourth-order valence-corrected chi connectivity index (χ4v) is 6.61. The highest BCUT2D eigenvalue weighted by molar-refractivity contribution is 5.90. The molecule has 1 aliphatic rings. The molecule has 1 fully saturated rings. The summed E-state index contributed by atoms with van der Waals surface area (Å²) < 4.78 is 11.8. The van der Waals surface area contributed by atoms with E-state index >= 15 is 0 Å². The number of amides is 4. The molecule has 0 aromatic heterocycles. The van der Waals surface area contributed by atoms with E-state index in [4.69, 9.17) is 9.47 Å². The fraction of sp³-hybridized carbons (Fsp3) is 0.882. The van der Waals surface area contributed by atoms with Crippen molar-refractivity contribution in [1.82, 2.24) is 30.7 Å². The molecule has 0 aliphatic carbocycles. The van der Waals surface area contributed by atoms with Gasteiger partial charge >= 0.3 is 0 Å². The van der Waals surface area contributed by atoms with Crippen LogP contribution in [0.1, 0.15) is 74.1 Å². The largest absolute Gasteiger partial charge is 0.379 e. The Bertz CT molecular complexity index is 962. The van der Waals surface area contributed by atoms with Crippen LogP contribution in [0.2, 0.25) is 0 Å². The van der Waals surface area contributed by atoms with Gasteiger partial charge in [0.05, 0.1) is 42.7 Å². The summed E-state index contributed by atoms with van der Waals surface area (Å²) in [6.07, 6.45) is 1.37. The van der Waals surface area contributed by atoms with Gasteiger partial charge in [0.1, 0.15) is 6.04 Å². The maximum absolute atomic E-state index is 14.0. The minimum Gasteiger partial charge on any atom is -0.379 e. The molecule has 12 heteroatoms. The van der Waals surface area contributed by atoms with Crippen LogP contribution in [0.15, 0.2) is 0 Å². The minimum absolute atomic E-state index is 0.0166. The van der Waals surface area contributed by atoms with Crippen LogP contribution in [0, 0.1) is 23.7 Å². The maximum Gasteiger partial charge on any atom is 0.245 e. The SMILES string of the molecule is CC[C@H](C)[C@@H]([C@@H](CC(=O)N1CCC[C@H]1[C@@H](OC)[C@@H](C)C(=O)NCCN(C)C)OC)N(C)C(=O)C(NC(=O)[C@@H](NC)C(C)C)C(C)C. The number of likely N-dealkylation sites (tertiary alicyclic amines) is 1. The molecule has 12 nitrogen and oxygen atoms in total. The quantitative estimate of drug-likeness (QED) is 0.182. The van der Waals surface area contributed by atoms with Gasteiger partial charge in [-0.05, 0) is 51.7 Å². The van der Waals surface area contributed by atoms with Crippen LogP contribution >= 0.6 is 0 Å². The van der Waals surface area contributed by atoms with Crippen LogP contribution in [0.5, 0.6) is 0 Å². The highest BCUT2D eigenvalue weighted by Gasteiger charge is 2.43. The number of hydrogen-bond donors (Lipinski definition) is 3. The van der Waals surface area contributed by atoms with Gasteiger partial charge in [0, 0.05) is 40.9 Å². The number of ether oxygens (including phenoxy) is 2. The van der Waals surface area contributed by atoms with Gasteiger partial charge in [-0.15, -0.1) is 0 Å². The lowest BCUT2D eigenvalue weighted by molar-refractivity contribution is -0.147. The molecule has 268 valence electrons. The fourth-order valence-electron chi connectivity index (χ4n) is 6.61. The number of carbonyl (C=O) groups is 4. The van der Waals surface area contributed by atoms with E-state index in [-0.39, 0.29) is 53.8 Å². The third-order valence-corrected chi connectivity index (χ3v) is 9.61. The summed E-state index contributed by atoms with van der Waals surface area (Å²) in [7, 11) is 10.6. The van der Waals surface area contributed by atoms with Gasteiger partial charge in [0.2, 0.25) is 23.6 Å². The van der Waals surface area contributed by atoms with Gasteiger partial charge in [-0.1, -0.05) is 54.9 Å². The third-order valence-electron chi connectivity index (χ3n) is 9.61. The van der Waals surface area contributed by atoms with Gasteiger partial charge in [-0.25, -0.2) is 0 Å². The predicted molar refractivity (Wildman–Crippen MR) is 182 cm³/mol. The van der Waals surface area contributed by atoms with Crippen LogP contribution in [0.3, 0.4) is 0 Å². The number of likely N-dealkylation sites (N-methyl/N-ethyl adjacent to an activating group) is 3. The number of rotatable bonds is 20.